The molecule has 1 amide bonds. The highest BCUT2D eigenvalue weighted by Gasteiger charge is 2.18. The number of hydrogen-bond acceptors (Lipinski definition) is 5. The maximum atomic E-state index is 12.6. The highest BCUT2D eigenvalue weighted by molar-refractivity contribution is 7.90. The van der Waals surface area contributed by atoms with Crippen molar-refractivity contribution in [1.29, 1.82) is 0 Å². The minimum atomic E-state index is -3.72. The predicted molar refractivity (Wildman–Crippen MR) is 105 cm³/mol. The zero-order valence-electron chi connectivity index (χ0n) is 14.5. The number of amides is 1. The van der Waals surface area contributed by atoms with Gasteiger partial charge in [0.15, 0.2) is 0 Å². The Balaban J connectivity index is 1.75. The summed E-state index contributed by atoms with van der Waals surface area (Å²) in [6.45, 7) is 2.57. The van der Waals surface area contributed by atoms with Crippen molar-refractivity contribution in [2.75, 3.05) is 11.9 Å². The van der Waals surface area contributed by atoms with Crippen LogP contribution in [0.2, 0.25) is 0 Å². The number of anilines is 1. The van der Waals surface area contributed by atoms with Crippen molar-refractivity contribution in [3.05, 3.63) is 46.2 Å². The fourth-order valence-electron chi connectivity index (χ4n) is 2.66. The zero-order chi connectivity index (χ0) is 18.6. The lowest BCUT2D eigenvalue weighted by molar-refractivity contribution is 0.103. The molecule has 138 valence electrons. The molecule has 0 bridgehead atoms. The fraction of sp³-hybridized carbons (Fsp3) is 0.333. The van der Waals surface area contributed by atoms with Crippen molar-refractivity contribution in [1.82, 2.24) is 4.72 Å². The number of carbonyl (C=O) groups is 1. The standard InChI is InChI=1S/C18H21N3O3S2/c1-13-9-10-16(25-13)18(22)20-14-6-5-7-15(12-14)26(23,24)21-17-8-3-2-4-11-19-17/h5-7,9-10,12H,2-4,8,11H2,1H3,(H,19,21)(H,20,22). The number of aliphatic imine (C=N–C) groups is 1. The van der Waals surface area contributed by atoms with Gasteiger partial charge in [0.05, 0.1) is 9.77 Å². The molecule has 1 aliphatic heterocycles. The van der Waals surface area contributed by atoms with Crippen LogP contribution in [0.25, 0.3) is 0 Å². The van der Waals surface area contributed by atoms with Gasteiger partial charge < -0.3 is 5.32 Å². The summed E-state index contributed by atoms with van der Waals surface area (Å²) in [4.78, 5) is 18.3. The molecule has 1 aliphatic rings. The summed E-state index contributed by atoms with van der Waals surface area (Å²) in [5.41, 5.74) is 0.437. The van der Waals surface area contributed by atoms with Crippen molar-refractivity contribution >= 4 is 38.8 Å². The first-order valence-electron chi connectivity index (χ1n) is 8.48. The molecule has 0 spiro atoms. The molecule has 0 unspecified atom stereocenters. The zero-order valence-corrected chi connectivity index (χ0v) is 16.1. The summed E-state index contributed by atoms with van der Waals surface area (Å²) >= 11 is 1.39. The number of benzene rings is 1. The summed E-state index contributed by atoms with van der Waals surface area (Å²) < 4.78 is 27.8. The first-order chi connectivity index (χ1) is 12.4. The molecular weight excluding hydrogens is 370 g/mol. The molecule has 26 heavy (non-hydrogen) atoms. The number of nitrogens with one attached hydrogen (secondary N) is 2. The number of thiophene rings is 1. The molecule has 2 aromatic rings. The molecule has 3 rings (SSSR count). The van der Waals surface area contributed by atoms with E-state index in [9.17, 15) is 13.2 Å². The number of nitrogens with zero attached hydrogens (tertiary/aromatic N) is 1. The van der Waals surface area contributed by atoms with Gasteiger partial charge in [0.1, 0.15) is 5.84 Å². The Morgan fingerprint density at radius 2 is 2.00 bits per heavy atom. The lowest BCUT2D eigenvalue weighted by atomic mass is 10.2. The van der Waals surface area contributed by atoms with E-state index >= 15 is 0 Å². The molecule has 0 atom stereocenters. The van der Waals surface area contributed by atoms with Gasteiger partial charge in [0, 0.05) is 23.5 Å². The topological polar surface area (TPSA) is 87.6 Å². The summed E-state index contributed by atoms with van der Waals surface area (Å²) in [6, 6.07) is 9.86. The molecule has 8 heteroatoms. The van der Waals surface area contributed by atoms with Crippen molar-refractivity contribution < 1.29 is 13.2 Å². The maximum Gasteiger partial charge on any atom is 0.265 e. The number of amidine groups is 1. The van der Waals surface area contributed by atoms with Gasteiger partial charge in [-0.05, 0) is 50.1 Å². The van der Waals surface area contributed by atoms with Gasteiger partial charge in [0.25, 0.3) is 15.9 Å². The van der Waals surface area contributed by atoms with Crippen LogP contribution < -0.4 is 10.0 Å². The summed E-state index contributed by atoms with van der Waals surface area (Å²) in [7, 11) is -3.72. The average molecular weight is 392 g/mol. The first kappa shape index (κ1) is 18.6. The number of sulfonamides is 1. The van der Waals surface area contributed by atoms with Gasteiger partial charge in [-0.1, -0.05) is 12.5 Å². The van der Waals surface area contributed by atoms with Crippen LogP contribution >= 0.6 is 11.3 Å². The second-order valence-electron chi connectivity index (χ2n) is 6.14. The van der Waals surface area contributed by atoms with E-state index in [2.05, 4.69) is 15.0 Å². The van der Waals surface area contributed by atoms with Gasteiger partial charge in [0.2, 0.25) is 0 Å². The monoisotopic (exact) mass is 391 g/mol. The Kier molecular flexibility index (Phi) is 5.73. The highest BCUT2D eigenvalue weighted by atomic mass is 32.2. The quantitative estimate of drug-likeness (QED) is 0.835. The minimum absolute atomic E-state index is 0.101. The Hall–Kier alpha value is -2.19. The Morgan fingerprint density at radius 1 is 1.15 bits per heavy atom. The largest absolute Gasteiger partial charge is 0.321 e. The molecule has 0 radical (unpaired) electrons. The van der Waals surface area contributed by atoms with E-state index in [1.165, 1.54) is 23.5 Å². The normalized spacial score (nSPS) is 15.0. The lowest BCUT2D eigenvalue weighted by Gasteiger charge is -2.11. The van der Waals surface area contributed by atoms with Gasteiger partial charge in [-0.2, -0.15) is 0 Å². The van der Waals surface area contributed by atoms with Crippen LogP contribution in [0.1, 0.15) is 40.2 Å². The summed E-state index contributed by atoms with van der Waals surface area (Å²) in [5.74, 6) is 0.254. The van der Waals surface area contributed by atoms with E-state index in [1.54, 1.807) is 18.2 Å². The molecule has 0 fully saturated rings. The van der Waals surface area contributed by atoms with Crippen LogP contribution in [-0.4, -0.2) is 26.7 Å². The Morgan fingerprint density at radius 3 is 2.77 bits per heavy atom. The second kappa shape index (κ2) is 8.01. The predicted octanol–water partition coefficient (Wildman–Crippen LogP) is 3.56. The van der Waals surface area contributed by atoms with Crippen LogP contribution in [0.15, 0.2) is 46.3 Å². The van der Waals surface area contributed by atoms with Gasteiger partial charge in [-0.25, -0.2) is 8.42 Å². The van der Waals surface area contributed by atoms with Gasteiger partial charge in [-0.3, -0.25) is 14.5 Å². The van der Waals surface area contributed by atoms with Crippen molar-refractivity contribution in [2.45, 2.75) is 37.5 Å². The van der Waals surface area contributed by atoms with Crippen LogP contribution in [0, 0.1) is 6.92 Å². The Bertz CT molecular complexity index is 933. The van der Waals surface area contributed by atoms with E-state index in [4.69, 9.17) is 0 Å². The lowest BCUT2D eigenvalue weighted by Crippen LogP contribution is -2.30. The SMILES string of the molecule is Cc1ccc(C(=O)Nc2cccc(S(=O)(=O)NC3=NCCCCC3)c2)s1. The molecule has 2 heterocycles. The Labute approximate surface area is 157 Å². The third kappa shape index (κ3) is 4.70. The molecule has 6 nitrogen and oxygen atoms in total. The van der Waals surface area contributed by atoms with E-state index in [-0.39, 0.29) is 10.8 Å². The van der Waals surface area contributed by atoms with Crippen LogP contribution in [-0.2, 0) is 10.0 Å². The molecule has 0 saturated heterocycles. The number of carbonyl (C=O) groups excluding carboxylic acids is 1. The minimum Gasteiger partial charge on any atom is -0.321 e. The van der Waals surface area contributed by atoms with E-state index < -0.39 is 10.0 Å². The third-order valence-electron chi connectivity index (χ3n) is 3.99. The van der Waals surface area contributed by atoms with Crippen molar-refractivity contribution in [2.24, 2.45) is 4.99 Å². The summed E-state index contributed by atoms with van der Waals surface area (Å²) in [5, 5.41) is 2.75. The van der Waals surface area contributed by atoms with Crippen LogP contribution in [0.3, 0.4) is 0 Å². The molecule has 1 aromatic heterocycles. The summed E-state index contributed by atoms with van der Waals surface area (Å²) in [6.07, 6.45) is 3.60. The molecular formula is C18H21N3O3S2. The number of rotatable bonds is 4. The van der Waals surface area contributed by atoms with Crippen molar-refractivity contribution in [3.63, 3.8) is 0 Å². The smallest absolute Gasteiger partial charge is 0.265 e. The third-order valence-corrected chi connectivity index (χ3v) is 6.37. The van der Waals surface area contributed by atoms with E-state index in [1.807, 2.05) is 13.0 Å². The van der Waals surface area contributed by atoms with Crippen LogP contribution in [0.5, 0.6) is 0 Å². The second-order valence-corrected chi connectivity index (χ2v) is 9.11. The maximum absolute atomic E-state index is 12.6. The van der Waals surface area contributed by atoms with E-state index in [0.717, 1.165) is 24.1 Å². The first-order valence-corrected chi connectivity index (χ1v) is 10.8. The van der Waals surface area contributed by atoms with Gasteiger partial charge >= 0.3 is 0 Å². The molecule has 0 aliphatic carbocycles. The van der Waals surface area contributed by atoms with Gasteiger partial charge in [-0.15, -0.1) is 11.3 Å². The highest BCUT2D eigenvalue weighted by Crippen LogP contribution is 2.20. The average Bonchev–Trinajstić information content (AvgIpc) is 2.88. The van der Waals surface area contributed by atoms with Crippen molar-refractivity contribution in [3.8, 4) is 0 Å². The molecule has 2 N–H and O–H groups in total. The molecule has 1 aromatic carbocycles. The van der Waals surface area contributed by atoms with Crippen LogP contribution in [0.4, 0.5) is 5.69 Å². The fourth-order valence-corrected chi connectivity index (χ4v) is 4.56. The molecule has 0 saturated carbocycles. The number of aryl methyl sites for hydroxylation is 1. The number of hydrogen-bond donors (Lipinski definition) is 2. The van der Waals surface area contributed by atoms with E-state index in [0.29, 0.717) is 29.4 Å².